The van der Waals surface area contributed by atoms with Crippen molar-refractivity contribution in [1.29, 1.82) is 0 Å². The lowest BCUT2D eigenvalue weighted by atomic mass is 9.91. The quantitative estimate of drug-likeness (QED) is 0.707. The van der Waals surface area contributed by atoms with E-state index in [1.54, 1.807) is 4.90 Å². The van der Waals surface area contributed by atoms with Gasteiger partial charge < -0.3 is 30.0 Å². The fourth-order valence-corrected chi connectivity index (χ4v) is 3.78. The van der Waals surface area contributed by atoms with Crippen molar-refractivity contribution in [1.82, 2.24) is 4.90 Å². The number of fused-ring (bicyclic) bond motifs is 1. The molecule has 9 heteroatoms. The molecule has 0 aliphatic carbocycles. The van der Waals surface area contributed by atoms with Crippen molar-refractivity contribution in [2.75, 3.05) is 25.4 Å². The first-order valence-electron chi connectivity index (χ1n) is 9.68. The third-order valence-corrected chi connectivity index (χ3v) is 5.33. The zero-order valence-corrected chi connectivity index (χ0v) is 17.6. The number of rotatable bonds is 3. The number of carboxylic acids is 1. The molecule has 1 unspecified atom stereocenters. The molecule has 0 aromatic heterocycles. The van der Waals surface area contributed by atoms with Crippen LogP contribution in [0.25, 0.3) is 0 Å². The molecule has 160 valence electrons. The fourth-order valence-electron chi connectivity index (χ4n) is 3.58. The molecule has 3 rings (SSSR count). The maximum atomic E-state index is 12.2. The minimum Gasteiger partial charge on any atom is -0.485 e. The number of benzene rings is 1. The van der Waals surface area contributed by atoms with Gasteiger partial charge in [0.2, 0.25) is 0 Å². The van der Waals surface area contributed by atoms with Crippen molar-refractivity contribution in [2.24, 2.45) is 5.92 Å². The number of carbonyl (C=O) groups excluding carboxylic acids is 1. The van der Waals surface area contributed by atoms with E-state index >= 15 is 0 Å². The first-order chi connectivity index (χ1) is 13.5. The second-order valence-corrected chi connectivity index (χ2v) is 8.89. The van der Waals surface area contributed by atoms with Crippen LogP contribution in [0.15, 0.2) is 6.07 Å². The summed E-state index contributed by atoms with van der Waals surface area (Å²) in [5.74, 6) is -0.490. The number of amides is 1. The van der Waals surface area contributed by atoms with E-state index in [1.165, 1.54) is 6.07 Å². The molecule has 0 radical (unpaired) electrons. The molecule has 3 N–H and O–H groups in total. The summed E-state index contributed by atoms with van der Waals surface area (Å²) >= 11 is 6.05. The van der Waals surface area contributed by atoms with Crippen LogP contribution < -0.4 is 15.2 Å². The van der Waals surface area contributed by atoms with Gasteiger partial charge in [-0.15, -0.1) is 0 Å². The Bertz CT molecular complexity index is 799. The van der Waals surface area contributed by atoms with Gasteiger partial charge in [0.05, 0.1) is 10.7 Å². The van der Waals surface area contributed by atoms with Gasteiger partial charge in [0.25, 0.3) is 0 Å². The lowest BCUT2D eigenvalue weighted by molar-refractivity contribution is 0.0140. The Morgan fingerprint density at radius 2 is 1.97 bits per heavy atom. The Kier molecular flexibility index (Phi) is 6.03. The number of aromatic carboxylic acids is 1. The number of anilines is 1. The topological polar surface area (TPSA) is 111 Å². The number of nitrogens with two attached hydrogens (primary N) is 1. The summed E-state index contributed by atoms with van der Waals surface area (Å²) in [6, 6.07) is 1.27. The molecular formula is C20H27ClN2O6. The van der Waals surface area contributed by atoms with Crippen molar-refractivity contribution in [3.8, 4) is 11.5 Å². The molecular weight excluding hydrogens is 400 g/mol. The highest BCUT2D eigenvalue weighted by Gasteiger charge is 2.33. The fraction of sp³-hybridized carbons (Fsp3) is 0.600. The number of piperidine rings is 1. The van der Waals surface area contributed by atoms with Crippen LogP contribution >= 0.6 is 11.6 Å². The van der Waals surface area contributed by atoms with E-state index in [0.29, 0.717) is 19.0 Å². The van der Waals surface area contributed by atoms with Crippen LogP contribution in [0.5, 0.6) is 11.5 Å². The third-order valence-electron chi connectivity index (χ3n) is 5.01. The van der Waals surface area contributed by atoms with E-state index in [-0.39, 0.29) is 46.6 Å². The Morgan fingerprint density at radius 1 is 1.31 bits per heavy atom. The second kappa shape index (κ2) is 8.18. The van der Waals surface area contributed by atoms with E-state index in [2.05, 4.69) is 0 Å². The van der Waals surface area contributed by atoms with Crippen molar-refractivity contribution < 1.29 is 28.9 Å². The lowest BCUT2D eigenvalue weighted by Crippen LogP contribution is -2.43. The van der Waals surface area contributed by atoms with E-state index in [0.717, 1.165) is 19.3 Å². The van der Waals surface area contributed by atoms with E-state index in [9.17, 15) is 14.7 Å². The smallest absolute Gasteiger partial charge is 0.410 e. The first kappa shape index (κ1) is 21.4. The van der Waals surface area contributed by atoms with Crippen LogP contribution in [-0.2, 0) is 4.74 Å². The number of hydrogen-bond donors (Lipinski definition) is 2. The summed E-state index contributed by atoms with van der Waals surface area (Å²) in [5, 5.41) is 9.47. The van der Waals surface area contributed by atoms with Gasteiger partial charge in [0, 0.05) is 13.1 Å². The average molecular weight is 427 g/mol. The summed E-state index contributed by atoms with van der Waals surface area (Å²) in [5.41, 5.74) is 5.58. The molecule has 1 aromatic rings. The van der Waals surface area contributed by atoms with Crippen LogP contribution in [0.2, 0.25) is 5.02 Å². The monoisotopic (exact) mass is 426 g/mol. The number of likely N-dealkylation sites (tertiary alicyclic amines) is 1. The summed E-state index contributed by atoms with van der Waals surface area (Å²) < 4.78 is 17.1. The molecule has 29 heavy (non-hydrogen) atoms. The number of carbonyl (C=O) groups is 2. The minimum atomic E-state index is -1.15. The van der Waals surface area contributed by atoms with Gasteiger partial charge in [0.15, 0.2) is 11.5 Å². The molecule has 2 heterocycles. The van der Waals surface area contributed by atoms with E-state index in [1.807, 2.05) is 20.8 Å². The van der Waals surface area contributed by atoms with Gasteiger partial charge in [-0.1, -0.05) is 11.6 Å². The summed E-state index contributed by atoms with van der Waals surface area (Å²) in [6.07, 6.45) is 1.83. The molecule has 0 bridgehead atoms. The predicted molar refractivity (Wildman–Crippen MR) is 108 cm³/mol. The van der Waals surface area contributed by atoms with Crippen LogP contribution in [0.4, 0.5) is 10.5 Å². The van der Waals surface area contributed by atoms with E-state index < -0.39 is 11.6 Å². The van der Waals surface area contributed by atoms with Gasteiger partial charge in [-0.2, -0.15) is 0 Å². The van der Waals surface area contributed by atoms with Crippen LogP contribution in [0.3, 0.4) is 0 Å². The highest BCUT2D eigenvalue weighted by molar-refractivity contribution is 6.34. The largest absolute Gasteiger partial charge is 0.485 e. The number of halogens is 1. The summed E-state index contributed by atoms with van der Waals surface area (Å²) in [7, 11) is 0. The highest BCUT2D eigenvalue weighted by Crippen LogP contribution is 2.45. The molecule has 2 aliphatic rings. The Morgan fingerprint density at radius 3 is 2.55 bits per heavy atom. The lowest BCUT2D eigenvalue weighted by Gasteiger charge is -2.36. The average Bonchev–Trinajstić information content (AvgIpc) is 2.64. The van der Waals surface area contributed by atoms with Crippen molar-refractivity contribution in [2.45, 2.75) is 51.7 Å². The number of nitrogens with zero attached hydrogens (tertiary/aromatic N) is 1. The van der Waals surface area contributed by atoms with Gasteiger partial charge in [0.1, 0.15) is 23.9 Å². The maximum absolute atomic E-state index is 12.2. The van der Waals surface area contributed by atoms with Gasteiger partial charge in [-0.25, -0.2) is 9.59 Å². The van der Waals surface area contributed by atoms with Crippen LogP contribution in [0.1, 0.15) is 50.4 Å². The Labute approximate surface area is 174 Å². The normalized spacial score (nSPS) is 19.7. The van der Waals surface area contributed by atoms with E-state index in [4.69, 9.17) is 31.5 Å². The van der Waals surface area contributed by atoms with Gasteiger partial charge in [-0.05, 0) is 52.0 Å². The molecule has 1 amide bonds. The Balaban J connectivity index is 1.59. The second-order valence-electron chi connectivity index (χ2n) is 8.48. The van der Waals surface area contributed by atoms with Crippen molar-refractivity contribution in [3.63, 3.8) is 0 Å². The molecule has 1 aromatic carbocycles. The predicted octanol–water partition coefficient (Wildman–Crippen LogP) is 3.80. The molecule has 0 spiro atoms. The standard InChI is InChI=1S/C20H27ClN2O6/c1-20(2,3)29-19(26)23-6-4-11(5-7-23)8-12-10-27-16-13(18(24)25)9-14(21)15(22)17(16)28-12/h9,11-12H,4-8,10,22H2,1-3H3,(H,24,25). The van der Waals surface area contributed by atoms with Crippen molar-refractivity contribution in [3.05, 3.63) is 16.7 Å². The SMILES string of the molecule is CC(C)(C)OC(=O)N1CCC(CC2COc3c(C(=O)O)cc(Cl)c(N)c3O2)CC1. The zero-order valence-electron chi connectivity index (χ0n) is 16.9. The number of carboxylic acid groups (broad SMARTS) is 1. The Hall–Kier alpha value is -2.35. The molecule has 0 saturated carbocycles. The molecule has 1 saturated heterocycles. The van der Waals surface area contributed by atoms with Gasteiger partial charge >= 0.3 is 12.1 Å². The number of ether oxygens (including phenoxy) is 3. The molecule has 1 fully saturated rings. The third kappa shape index (κ3) is 4.98. The number of hydrogen-bond acceptors (Lipinski definition) is 6. The minimum absolute atomic E-state index is 0.0664. The highest BCUT2D eigenvalue weighted by atomic mass is 35.5. The maximum Gasteiger partial charge on any atom is 0.410 e. The summed E-state index contributed by atoms with van der Waals surface area (Å²) in [4.78, 5) is 25.3. The molecule has 1 atom stereocenters. The molecule has 8 nitrogen and oxygen atoms in total. The summed E-state index contributed by atoms with van der Waals surface area (Å²) in [6.45, 7) is 7.04. The zero-order chi connectivity index (χ0) is 21.3. The van der Waals surface area contributed by atoms with Crippen molar-refractivity contribution >= 4 is 29.4 Å². The van der Waals surface area contributed by atoms with Gasteiger partial charge in [-0.3, -0.25) is 0 Å². The van der Waals surface area contributed by atoms with Crippen LogP contribution in [0, 0.1) is 5.92 Å². The first-order valence-corrected chi connectivity index (χ1v) is 10.1. The molecule has 2 aliphatic heterocycles. The number of nitrogen functional groups attached to an aromatic ring is 1. The van der Waals surface area contributed by atoms with Crippen LogP contribution in [-0.4, -0.2) is 53.5 Å².